The third kappa shape index (κ3) is 4.20. The summed E-state index contributed by atoms with van der Waals surface area (Å²) in [5, 5.41) is 6.41. The normalized spacial score (nSPS) is 10.4. The summed E-state index contributed by atoms with van der Waals surface area (Å²) in [4.78, 5) is 8.88. The summed E-state index contributed by atoms with van der Waals surface area (Å²) < 4.78 is 16.0. The largest absolute Gasteiger partial charge is 0.497 e. The van der Waals surface area contributed by atoms with Gasteiger partial charge in [0.2, 0.25) is 5.95 Å². The van der Waals surface area contributed by atoms with E-state index >= 15 is 0 Å². The molecule has 0 amide bonds. The van der Waals surface area contributed by atoms with Crippen molar-refractivity contribution >= 4 is 17.5 Å². The highest BCUT2D eigenvalue weighted by atomic mass is 16.5. The number of nitrogens with zero attached hydrogens (tertiary/aromatic N) is 2. The third-order valence-electron chi connectivity index (χ3n) is 3.52. The molecule has 0 radical (unpaired) electrons. The lowest BCUT2D eigenvalue weighted by Gasteiger charge is -2.13. The van der Waals surface area contributed by atoms with Crippen molar-refractivity contribution in [2.75, 3.05) is 24.9 Å². The van der Waals surface area contributed by atoms with E-state index in [2.05, 4.69) is 20.6 Å². The lowest BCUT2D eigenvalue weighted by molar-refractivity contribution is 0.405. The third-order valence-corrected chi connectivity index (χ3v) is 3.52. The number of nitrogens with one attached hydrogen (secondary N) is 2. The maximum atomic E-state index is 5.38. The van der Waals surface area contributed by atoms with Crippen LogP contribution >= 0.6 is 0 Å². The fourth-order valence-electron chi connectivity index (χ4n) is 2.34. The molecule has 0 fully saturated rings. The smallest absolute Gasteiger partial charge is 0.225 e. The van der Waals surface area contributed by atoms with Crippen LogP contribution in [0.4, 0.5) is 17.5 Å². The van der Waals surface area contributed by atoms with Gasteiger partial charge in [0.15, 0.2) is 0 Å². The van der Waals surface area contributed by atoms with Crippen LogP contribution in [0.1, 0.15) is 11.5 Å². The molecular weight excluding hydrogens is 320 g/mol. The van der Waals surface area contributed by atoms with Crippen molar-refractivity contribution in [1.82, 2.24) is 9.97 Å². The average molecular weight is 340 g/mol. The van der Waals surface area contributed by atoms with Crippen LogP contribution in [0.3, 0.4) is 0 Å². The van der Waals surface area contributed by atoms with Crippen molar-refractivity contribution in [3.8, 4) is 11.5 Å². The molecule has 0 saturated heterocycles. The molecule has 1 aromatic carbocycles. The summed E-state index contributed by atoms with van der Waals surface area (Å²) in [6.07, 6.45) is 1.64. The van der Waals surface area contributed by atoms with Gasteiger partial charge in [0.1, 0.15) is 23.1 Å². The average Bonchev–Trinajstić information content (AvgIpc) is 3.13. The van der Waals surface area contributed by atoms with E-state index in [4.69, 9.17) is 13.9 Å². The number of benzene rings is 1. The van der Waals surface area contributed by atoms with Crippen LogP contribution in [0.25, 0.3) is 0 Å². The minimum atomic E-state index is 0.512. The highest BCUT2D eigenvalue weighted by Crippen LogP contribution is 2.31. The van der Waals surface area contributed by atoms with E-state index in [9.17, 15) is 0 Å². The second kappa shape index (κ2) is 7.57. The number of methoxy groups -OCH3 is 2. The number of aromatic nitrogens is 2. The molecule has 3 rings (SSSR count). The van der Waals surface area contributed by atoms with Crippen molar-refractivity contribution in [1.29, 1.82) is 0 Å². The number of furan rings is 1. The fourth-order valence-corrected chi connectivity index (χ4v) is 2.34. The number of ether oxygens (including phenoxy) is 2. The highest BCUT2D eigenvalue weighted by Gasteiger charge is 2.08. The lowest BCUT2D eigenvalue weighted by Crippen LogP contribution is -2.06. The first-order chi connectivity index (χ1) is 12.2. The molecule has 0 atom stereocenters. The molecule has 2 N–H and O–H groups in total. The Morgan fingerprint density at radius 3 is 2.68 bits per heavy atom. The van der Waals surface area contributed by atoms with Crippen molar-refractivity contribution in [2.45, 2.75) is 13.5 Å². The van der Waals surface area contributed by atoms with Crippen molar-refractivity contribution in [3.05, 3.63) is 54.1 Å². The second-order valence-electron chi connectivity index (χ2n) is 5.34. The van der Waals surface area contributed by atoms with Gasteiger partial charge in [-0.1, -0.05) is 0 Å². The molecule has 2 heterocycles. The quantitative estimate of drug-likeness (QED) is 0.678. The van der Waals surface area contributed by atoms with Crippen molar-refractivity contribution < 1.29 is 13.9 Å². The zero-order chi connectivity index (χ0) is 17.6. The predicted molar refractivity (Wildman–Crippen MR) is 95.6 cm³/mol. The SMILES string of the molecule is COc1ccc(OC)c(Nc2cc(C)nc(NCc3ccco3)n2)c1. The summed E-state index contributed by atoms with van der Waals surface area (Å²) in [6.45, 7) is 2.42. The van der Waals surface area contributed by atoms with E-state index in [0.29, 0.717) is 24.1 Å². The minimum Gasteiger partial charge on any atom is -0.497 e. The molecule has 130 valence electrons. The van der Waals surface area contributed by atoms with E-state index in [1.54, 1.807) is 20.5 Å². The minimum absolute atomic E-state index is 0.512. The van der Waals surface area contributed by atoms with Gasteiger partial charge in [-0.05, 0) is 31.2 Å². The number of anilines is 3. The lowest BCUT2D eigenvalue weighted by atomic mass is 10.2. The first-order valence-corrected chi connectivity index (χ1v) is 7.79. The van der Waals surface area contributed by atoms with Crippen LogP contribution in [-0.2, 0) is 6.54 Å². The molecule has 0 aliphatic carbocycles. The summed E-state index contributed by atoms with van der Waals surface area (Å²) >= 11 is 0. The Labute approximate surface area is 146 Å². The van der Waals surface area contributed by atoms with Gasteiger partial charge in [-0.3, -0.25) is 0 Å². The second-order valence-corrected chi connectivity index (χ2v) is 5.34. The number of hydrogen-bond acceptors (Lipinski definition) is 7. The molecule has 25 heavy (non-hydrogen) atoms. The Morgan fingerprint density at radius 1 is 1.08 bits per heavy atom. The van der Waals surface area contributed by atoms with Crippen LogP contribution in [0.2, 0.25) is 0 Å². The molecule has 0 aliphatic rings. The Bertz CT molecular complexity index is 834. The first kappa shape index (κ1) is 16.6. The number of aryl methyl sites for hydroxylation is 1. The van der Waals surface area contributed by atoms with Gasteiger partial charge >= 0.3 is 0 Å². The van der Waals surface area contributed by atoms with Crippen molar-refractivity contribution in [3.63, 3.8) is 0 Å². The van der Waals surface area contributed by atoms with Gasteiger partial charge in [-0.2, -0.15) is 4.98 Å². The van der Waals surface area contributed by atoms with E-state index in [1.165, 1.54) is 0 Å². The van der Waals surface area contributed by atoms with Gasteiger partial charge in [0, 0.05) is 17.8 Å². The van der Waals surface area contributed by atoms with Gasteiger partial charge in [0.05, 0.1) is 32.7 Å². The Hall–Kier alpha value is -3.22. The molecule has 7 heteroatoms. The standard InChI is InChI=1S/C18H20N4O3/c1-12-9-17(21-15-10-13(23-2)6-7-16(15)24-3)22-18(20-12)19-11-14-5-4-8-25-14/h4-10H,11H2,1-3H3,(H2,19,20,21,22). The van der Waals surface area contributed by atoms with E-state index < -0.39 is 0 Å². The number of rotatable bonds is 7. The molecule has 0 spiro atoms. The zero-order valence-corrected chi connectivity index (χ0v) is 14.4. The van der Waals surface area contributed by atoms with Gasteiger partial charge in [-0.15, -0.1) is 0 Å². The Kier molecular flexibility index (Phi) is 5.03. The predicted octanol–water partition coefficient (Wildman–Crippen LogP) is 3.75. The van der Waals surface area contributed by atoms with Crippen LogP contribution in [0.5, 0.6) is 11.5 Å². The van der Waals surface area contributed by atoms with Crippen LogP contribution < -0.4 is 20.1 Å². The monoisotopic (exact) mass is 340 g/mol. The van der Waals surface area contributed by atoms with Gasteiger partial charge in [-0.25, -0.2) is 4.98 Å². The van der Waals surface area contributed by atoms with E-state index in [-0.39, 0.29) is 0 Å². The molecule has 0 saturated carbocycles. The van der Waals surface area contributed by atoms with E-state index in [1.807, 2.05) is 43.3 Å². The fraction of sp³-hybridized carbons (Fsp3) is 0.222. The number of hydrogen-bond donors (Lipinski definition) is 2. The highest BCUT2D eigenvalue weighted by molar-refractivity contribution is 5.66. The summed E-state index contributed by atoms with van der Waals surface area (Å²) in [7, 11) is 3.24. The molecule has 0 aliphatic heterocycles. The molecular formula is C18H20N4O3. The molecule has 7 nitrogen and oxygen atoms in total. The Balaban J connectivity index is 1.80. The molecule has 0 bridgehead atoms. The summed E-state index contributed by atoms with van der Waals surface area (Å²) in [6, 6.07) is 11.1. The topological polar surface area (TPSA) is 81.4 Å². The molecule has 3 aromatic rings. The van der Waals surface area contributed by atoms with Gasteiger partial charge < -0.3 is 24.5 Å². The Morgan fingerprint density at radius 2 is 1.96 bits per heavy atom. The summed E-state index contributed by atoms with van der Waals surface area (Å²) in [5.74, 6) is 3.41. The molecule has 0 unspecified atom stereocenters. The van der Waals surface area contributed by atoms with Crippen molar-refractivity contribution in [2.24, 2.45) is 0 Å². The van der Waals surface area contributed by atoms with Crippen LogP contribution in [0.15, 0.2) is 47.1 Å². The summed E-state index contributed by atoms with van der Waals surface area (Å²) in [5.41, 5.74) is 1.60. The maximum absolute atomic E-state index is 5.38. The molecule has 2 aromatic heterocycles. The van der Waals surface area contributed by atoms with Gasteiger partial charge in [0.25, 0.3) is 0 Å². The maximum Gasteiger partial charge on any atom is 0.225 e. The zero-order valence-electron chi connectivity index (χ0n) is 14.4. The first-order valence-electron chi connectivity index (χ1n) is 7.79. The van der Waals surface area contributed by atoms with Crippen LogP contribution in [0, 0.1) is 6.92 Å². The van der Waals surface area contributed by atoms with Crippen LogP contribution in [-0.4, -0.2) is 24.2 Å². The van der Waals surface area contributed by atoms with E-state index in [0.717, 1.165) is 22.9 Å².